The van der Waals surface area contributed by atoms with Crippen molar-refractivity contribution in [1.82, 2.24) is 4.98 Å². The van der Waals surface area contributed by atoms with Crippen molar-refractivity contribution in [2.75, 3.05) is 19.8 Å². The van der Waals surface area contributed by atoms with Gasteiger partial charge in [0.1, 0.15) is 13.2 Å². The Bertz CT molecular complexity index is 671. The van der Waals surface area contributed by atoms with E-state index in [0.29, 0.717) is 25.0 Å². The van der Waals surface area contributed by atoms with E-state index in [2.05, 4.69) is 56.1 Å². The fourth-order valence-corrected chi connectivity index (χ4v) is 2.37. The monoisotopic (exact) mass is 341 g/mol. The van der Waals surface area contributed by atoms with Crippen LogP contribution in [-0.2, 0) is 9.53 Å². The number of ether oxygens (including phenoxy) is 2. The highest BCUT2D eigenvalue weighted by Crippen LogP contribution is 2.33. The third-order valence-electron chi connectivity index (χ3n) is 4.45. The number of carbonyl (C=O) groups is 1. The zero-order chi connectivity index (χ0) is 18.3. The number of pyridine rings is 1. The Labute approximate surface area is 150 Å². The van der Waals surface area contributed by atoms with Crippen molar-refractivity contribution in [2.45, 2.75) is 27.7 Å². The van der Waals surface area contributed by atoms with Crippen molar-refractivity contribution < 1.29 is 14.3 Å². The number of carbonyl (C=O) groups excluding carboxylic acids is 1. The second-order valence-electron chi connectivity index (χ2n) is 6.82. The molecule has 0 bridgehead atoms. The normalized spacial score (nSPS) is 19.6. The highest BCUT2D eigenvalue weighted by molar-refractivity contribution is 5.76. The van der Waals surface area contributed by atoms with Gasteiger partial charge in [-0.1, -0.05) is 51.2 Å². The number of ketones is 1. The molecule has 1 atom stereocenters. The van der Waals surface area contributed by atoms with E-state index in [4.69, 9.17) is 9.47 Å². The molecule has 1 aromatic rings. The second kappa shape index (κ2) is 8.77. The van der Waals surface area contributed by atoms with E-state index >= 15 is 0 Å². The molecule has 1 unspecified atom stereocenters. The highest BCUT2D eigenvalue weighted by Gasteiger charge is 2.22. The van der Waals surface area contributed by atoms with Crippen molar-refractivity contribution in [3.05, 3.63) is 54.3 Å². The molecule has 0 radical (unpaired) electrons. The molecule has 0 spiro atoms. The van der Waals surface area contributed by atoms with Gasteiger partial charge in [0.2, 0.25) is 5.88 Å². The maximum absolute atomic E-state index is 10.8. The van der Waals surface area contributed by atoms with Crippen LogP contribution in [-0.4, -0.2) is 30.6 Å². The Morgan fingerprint density at radius 1 is 1.24 bits per heavy atom. The summed E-state index contributed by atoms with van der Waals surface area (Å²) in [7, 11) is 0. The van der Waals surface area contributed by atoms with Gasteiger partial charge in [-0.05, 0) is 24.5 Å². The van der Waals surface area contributed by atoms with Gasteiger partial charge in [-0.25, -0.2) is 4.98 Å². The molecule has 1 aliphatic rings. The van der Waals surface area contributed by atoms with Crippen LogP contribution in [0.1, 0.15) is 33.3 Å². The van der Waals surface area contributed by atoms with Crippen LogP contribution in [0.5, 0.6) is 5.88 Å². The van der Waals surface area contributed by atoms with E-state index in [1.54, 1.807) is 0 Å². The predicted molar refractivity (Wildman–Crippen MR) is 100 cm³/mol. The van der Waals surface area contributed by atoms with E-state index in [0.717, 1.165) is 11.1 Å². The lowest BCUT2D eigenvalue weighted by Gasteiger charge is -2.26. The van der Waals surface area contributed by atoms with Crippen LogP contribution in [0.15, 0.2) is 48.7 Å². The topological polar surface area (TPSA) is 48.4 Å². The summed E-state index contributed by atoms with van der Waals surface area (Å²) < 4.78 is 10.7. The molecule has 0 fully saturated rings. The first kappa shape index (κ1) is 19.1. The maximum atomic E-state index is 10.8. The quantitative estimate of drug-likeness (QED) is 0.664. The minimum atomic E-state index is 0.00909. The summed E-state index contributed by atoms with van der Waals surface area (Å²) in [5.41, 5.74) is 2.24. The number of nitrogens with zero attached hydrogens (tertiary/aromatic N) is 1. The van der Waals surface area contributed by atoms with Crippen LogP contribution in [0.25, 0.3) is 5.57 Å². The van der Waals surface area contributed by atoms with Gasteiger partial charge in [-0.3, -0.25) is 4.79 Å². The van der Waals surface area contributed by atoms with Gasteiger partial charge in [-0.2, -0.15) is 0 Å². The molecule has 0 aromatic carbocycles. The Hall–Kier alpha value is -2.20. The summed E-state index contributed by atoms with van der Waals surface area (Å²) in [6, 6.07) is 3.85. The smallest absolute Gasteiger partial charge is 0.213 e. The van der Waals surface area contributed by atoms with Crippen molar-refractivity contribution in [3.63, 3.8) is 0 Å². The van der Waals surface area contributed by atoms with Crippen LogP contribution in [0, 0.1) is 11.3 Å². The number of hydrogen-bond acceptors (Lipinski definition) is 4. The van der Waals surface area contributed by atoms with Gasteiger partial charge in [0.25, 0.3) is 0 Å². The first-order valence-corrected chi connectivity index (χ1v) is 8.66. The first-order chi connectivity index (χ1) is 11.9. The SMILES string of the molecule is CC(=O)COCCOc1ccc(C2=CC=CC(C)(C(C)C)C=C2)cn1. The third kappa shape index (κ3) is 5.68. The minimum Gasteiger partial charge on any atom is -0.475 e. The summed E-state index contributed by atoms with van der Waals surface area (Å²) in [4.78, 5) is 15.1. The standard InChI is InChI=1S/C21H27NO3/c1-16(2)21(4)10-5-6-18(9-11-21)19-7-8-20(22-14-19)25-13-12-24-15-17(3)23/h5-11,14,16H,12-13,15H2,1-4H3. The Kier molecular flexibility index (Phi) is 6.71. The number of rotatable bonds is 8. The molecule has 0 saturated carbocycles. The van der Waals surface area contributed by atoms with Crippen LogP contribution >= 0.6 is 0 Å². The fourth-order valence-electron chi connectivity index (χ4n) is 2.37. The van der Waals surface area contributed by atoms with Crippen molar-refractivity contribution in [3.8, 4) is 5.88 Å². The van der Waals surface area contributed by atoms with Crippen molar-refractivity contribution >= 4 is 11.4 Å². The summed E-state index contributed by atoms with van der Waals surface area (Å²) in [5, 5.41) is 0. The molecular weight excluding hydrogens is 314 g/mol. The van der Waals surface area contributed by atoms with E-state index in [1.807, 2.05) is 18.3 Å². The highest BCUT2D eigenvalue weighted by atomic mass is 16.5. The first-order valence-electron chi connectivity index (χ1n) is 8.66. The van der Waals surface area contributed by atoms with Crippen LogP contribution in [0.4, 0.5) is 0 Å². The average molecular weight is 341 g/mol. The Morgan fingerprint density at radius 2 is 2.04 bits per heavy atom. The van der Waals surface area contributed by atoms with Gasteiger partial charge >= 0.3 is 0 Å². The third-order valence-corrected chi connectivity index (χ3v) is 4.45. The average Bonchev–Trinajstić information content (AvgIpc) is 2.78. The molecule has 25 heavy (non-hydrogen) atoms. The summed E-state index contributed by atoms with van der Waals surface area (Å²) in [6.45, 7) is 9.06. The molecule has 2 rings (SSSR count). The lowest BCUT2D eigenvalue weighted by atomic mass is 9.79. The van der Waals surface area contributed by atoms with Gasteiger partial charge in [0.15, 0.2) is 5.78 Å². The molecule has 1 aliphatic carbocycles. The molecule has 4 heteroatoms. The van der Waals surface area contributed by atoms with Crippen molar-refractivity contribution in [1.29, 1.82) is 0 Å². The van der Waals surface area contributed by atoms with E-state index in [9.17, 15) is 4.79 Å². The largest absolute Gasteiger partial charge is 0.475 e. The fraction of sp³-hybridized carbons (Fsp3) is 0.429. The number of aromatic nitrogens is 1. The van der Waals surface area contributed by atoms with Crippen LogP contribution in [0.2, 0.25) is 0 Å². The van der Waals surface area contributed by atoms with Crippen molar-refractivity contribution in [2.24, 2.45) is 11.3 Å². The number of hydrogen-bond donors (Lipinski definition) is 0. The van der Waals surface area contributed by atoms with E-state index < -0.39 is 0 Å². The molecule has 134 valence electrons. The van der Waals surface area contributed by atoms with Gasteiger partial charge in [-0.15, -0.1) is 0 Å². The second-order valence-corrected chi connectivity index (χ2v) is 6.82. The lowest BCUT2D eigenvalue weighted by Crippen LogP contribution is -2.17. The molecular formula is C21H27NO3. The zero-order valence-corrected chi connectivity index (χ0v) is 15.5. The molecule has 1 aromatic heterocycles. The molecule has 4 nitrogen and oxygen atoms in total. The van der Waals surface area contributed by atoms with Gasteiger partial charge in [0.05, 0.1) is 6.61 Å². The zero-order valence-electron chi connectivity index (χ0n) is 15.5. The summed E-state index contributed by atoms with van der Waals surface area (Å²) >= 11 is 0. The lowest BCUT2D eigenvalue weighted by molar-refractivity contribution is -0.121. The Balaban J connectivity index is 1.93. The summed E-state index contributed by atoms with van der Waals surface area (Å²) in [6.07, 6.45) is 12.7. The van der Waals surface area contributed by atoms with Gasteiger partial charge in [0, 0.05) is 23.2 Å². The molecule has 0 saturated heterocycles. The van der Waals surface area contributed by atoms with Crippen LogP contribution < -0.4 is 4.74 Å². The number of Topliss-reactive ketones (excluding diaryl/α,β-unsaturated/α-hetero) is 1. The molecule has 0 N–H and O–H groups in total. The number of allylic oxidation sites excluding steroid dienone is 6. The van der Waals surface area contributed by atoms with E-state index in [1.165, 1.54) is 6.92 Å². The minimum absolute atomic E-state index is 0.00909. The van der Waals surface area contributed by atoms with Crippen LogP contribution in [0.3, 0.4) is 0 Å². The molecule has 1 heterocycles. The predicted octanol–water partition coefficient (Wildman–Crippen LogP) is 4.24. The van der Waals surface area contributed by atoms with E-state index in [-0.39, 0.29) is 17.8 Å². The maximum Gasteiger partial charge on any atom is 0.213 e. The van der Waals surface area contributed by atoms with Gasteiger partial charge < -0.3 is 9.47 Å². The molecule has 0 amide bonds. The molecule has 0 aliphatic heterocycles. The summed E-state index contributed by atoms with van der Waals surface area (Å²) in [5.74, 6) is 1.10. The Morgan fingerprint density at radius 3 is 2.68 bits per heavy atom.